The van der Waals surface area contributed by atoms with E-state index in [4.69, 9.17) is 40.2 Å². The molecule has 1 aromatic heterocycles. The fourth-order valence-electron chi connectivity index (χ4n) is 1.94. The third kappa shape index (κ3) is 5.21. The number of benzene rings is 2. The Hall–Kier alpha value is -0.570. The summed E-state index contributed by atoms with van der Waals surface area (Å²) in [6.07, 6.45) is 0. The number of aromatic nitrogens is 2. The summed E-state index contributed by atoms with van der Waals surface area (Å²) >= 11 is 23.9. The molecule has 0 saturated carbocycles. The number of thioether (sulfide) groups is 1. The lowest BCUT2D eigenvalue weighted by Gasteiger charge is -2.05. The molecule has 0 aliphatic carbocycles. The summed E-state index contributed by atoms with van der Waals surface area (Å²) in [4.78, 5) is 0. The highest BCUT2D eigenvalue weighted by atomic mass is 79.9. The van der Waals surface area contributed by atoms with Crippen LogP contribution >= 0.6 is 74.4 Å². The number of nitrogens with zero attached hydrogens (tertiary/aromatic N) is 2. The third-order valence-corrected chi connectivity index (χ3v) is 6.61. The SMILES string of the molecule is S=c1sc(SCCOc2cccc(Br)c2)nn1-c1ccc(Cl)c(Cl)c1. The minimum atomic E-state index is 0.477. The van der Waals surface area contributed by atoms with Crippen LogP contribution in [-0.4, -0.2) is 22.1 Å². The van der Waals surface area contributed by atoms with Crippen molar-refractivity contribution in [2.45, 2.75) is 4.34 Å². The van der Waals surface area contributed by atoms with Gasteiger partial charge in [0.25, 0.3) is 0 Å². The third-order valence-electron chi connectivity index (χ3n) is 3.05. The van der Waals surface area contributed by atoms with Gasteiger partial charge in [-0.05, 0) is 48.6 Å². The van der Waals surface area contributed by atoms with Gasteiger partial charge in [0.2, 0.25) is 0 Å². The van der Waals surface area contributed by atoms with E-state index in [9.17, 15) is 0 Å². The van der Waals surface area contributed by atoms with E-state index < -0.39 is 0 Å². The van der Waals surface area contributed by atoms with Gasteiger partial charge in [0.15, 0.2) is 8.29 Å². The number of rotatable bonds is 6. The fraction of sp³-hybridized carbons (Fsp3) is 0.125. The van der Waals surface area contributed by atoms with Crippen LogP contribution in [0.5, 0.6) is 5.75 Å². The quantitative estimate of drug-likeness (QED) is 0.212. The van der Waals surface area contributed by atoms with E-state index >= 15 is 0 Å². The average molecular weight is 494 g/mol. The van der Waals surface area contributed by atoms with E-state index in [0.29, 0.717) is 20.6 Å². The molecule has 3 aromatic rings. The van der Waals surface area contributed by atoms with Crippen LogP contribution in [0.15, 0.2) is 51.3 Å². The summed E-state index contributed by atoms with van der Waals surface area (Å²) in [6, 6.07) is 13.1. The molecule has 2 aromatic carbocycles. The summed E-state index contributed by atoms with van der Waals surface area (Å²) < 4.78 is 9.95. The van der Waals surface area contributed by atoms with Crippen molar-refractivity contribution in [3.05, 3.63) is 60.9 Å². The first kappa shape index (κ1) is 19.2. The maximum atomic E-state index is 6.07. The molecule has 0 atom stereocenters. The molecule has 0 spiro atoms. The molecule has 0 amide bonds. The summed E-state index contributed by atoms with van der Waals surface area (Å²) in [5.41, 5.74) is 0.799. The smallest absolute Gasteiger partial charge is 0.184 e. The van der Waals surface area contributed by atoms with Crippen molar-refractivity contribution in [3.63, 3.8) is 0 Å². The highest BCUT2D eigenvalue weighted by molar-refractivity contribution is 9.10. The Morgan fingerprint density at radius 3 is 2.80 bits per heavy atom. The zero-order valence-corrected chi connectivity index (χ0v) is 18.2. The standard InChI is InChI=1S/C16H11BrCl2N2OS3/c17-10-2-1-3-12(8-10)22-6-7-24-15-20-21(16(23)25-15)11-4-5-13(18)14(19)9-11/h1-5,8-9H,6-7H2. The molecule has 0 saturated heterocycles. The van der Waals surface area contributed by atoms with Crippen LogP contribution in [0.1, 0.15) is 0 Å². The maximum Gasteiger partial charge on any atom is 0.184 e. The second-order valence-corrected chi connectivity index (χ2v) is 9.49. The first-order valence-corrected chi connectivity index (χ1v) is 10.9. The van der Waals surface area contributed by atoms with Crippen molar-refractivity contribution in [2.24, 2.45) is 0 Å². The van der Waals surface area contributed by atoms with Crippen molar-refractivity contribution in [3.8, 4) is 11.4 Å². The Balaban J connectivity index is 1.61. The van der Waals surface area contributed by atoms with Gasteiger partial charge >= 0.3 is 0 Å². The zero-order chi connectivity index (χ0) is 17.8. The molecule has 130 valence electrons. The van der Waals surface area contributed by atoms with Crippen molar-refractivity contribution in [2.75, 3.05) is 12.4 Å². The van der Waals surface area contributed by atoms with Gasteiger partial charge in [-0.25, -0.2) is 4.68 Å². The van der Waals surface area contributed by atoms with E-state index in [2.05, 4.69) is 21.0 Å². The van der Waals surface area contributed by atoms with E-state index in [0.717, 1.165) is 26.0 Å². The molecule has 3 rings (SSSR count). The molecule has 3 nitrogen and oxygen atoms in total. The molecule has 0 unspecified atom stereocenters. The van der Waals surface area contributed by atoms with Crippen molar-refractivity contribution in [1.82, 2.24) is 9.78 Å². The first-order valence-electron chi connectivity index (χ1n) is 7.10. The molecule has 9 heteroatoms. The van der Waals surface area contributed by atoms with Crippen molar-refractivity contribution < 1.29 is 4.74 Å². The number of ether oxygens (including phenoxy) is 1. The van der Waals surface area contributed by atoms with E-state index in [1.165, 1.54) is 11.3 Å². The van der Waals surface area contributed by atoms with Gasteiger partial charge in [0.05, 0.1) is 22.3 Å². The van der Waals surface area contributed by atoms with Gasteiger partial charge in [-0.2, -0.15) is 0 Å². The van der Waals surface area contributed by atoms with E-state index in [1.54, 1.807) is 28.6 Å². The van der Waals surface area contributed by atoms with Crippen LogP contribution in [0.25, 0.3) is 5.69 Å². The predicted molar refractivity (Wildman–Crippen MR) is 113 cm³/mol. The summed E-state index contributed by atoms with van der Waals surface area (Å²) in [6.45, 7) is 0.584. The number of halogens is 3. The topological polar surface area (TPSA) is 27.1 Å². The molecule has 0 bridgehead atoms. The van der Waals surface area contributed by atoms with Gasteiger partial charge in [-0.3, -0.25) is 0 Å². The van der Waals surface area contributed by atoms with Crippen LogP contribution in [0.3, 0.4) is 0 Å². The van der Waals surface area contributed by atoms with Gasteiger partial charge in [0.1, 0.15) is 5.75 Å². The Morgan fingerprint density at radius 1 is 1.20 bits per heavy atom. The van der Waals surface area contributed by atoms with E-state index in [1.807, 2.05) is 30.3 Å². The Kier molecular flexibility index (Phi) is 6.82. The molecule has 1 heterocycles. The molecule has 0 fully saturated rings. The van der Waals surface area contributed by atoms with Gasteiger partial charge in [-0.15, -0.1) is 5.10 Å². The Morgan fingerprint density at radius 2 is 2.04 bits per heavy atom. The van der Waals surface area contributed by atoms with Gasteiger partial charge in [0, 0.05) is 10.2 Å². The highest BCUT2D eigenvalue weighted by Crippen LogP contribution is 2.28. The van der Waals surface area contributed by atoms with Crippen molar-refractivity contribution >= 4 is 74.4 Å². The summed E-state index contributed by atoms with van der Waals surface area (Å²) in [5, 5.41) is 5.52. The molecular weight excluding hydrogens is 483 g/mol. The van der Waals surface area contributed by atoms with Gasteiger partial charge < -0.3 is 4.74 Å². The zero-order valence-electron chi connectivity index (χ0n) is 12.6. The number of hydrogen-bond donors (Lipinski definition) is 0. The fourth-order valence-corrected chi connectivity index (χ4v) is 4.86. The molecule has 0 N–H and O–H groups in total. The lowest BCUT2D eigenvalue weighted by molar-refractivity contribution is 0.343. The molecule has 0 radical (unpaired) electrons. The average Bonchev–Trinajstić information content (AvgIpc) is 2.95. The normalized spacial score (nSPS) is 10.8. The second-order valence-electron chi connectivity index (χ2n) is 4.80. The van der Waals surface area contributed by atoms with E-state index in [-0.39, 0.29) is 0 Å². The second kappa shape index (κ2) is 8.88. The molecule has 0 aliphatic rings. The van der Waals surface area contributed by atoms with Crippen LogP contribution in [-0.2, 0) is 0 Å². The Bertz CT molecular complexity index is 945. The molecular formula is C16H11BrCl2N2OS3. The van der Waals surface area contributed by atoms with Crippen LogP contribution in [0, 0.1) is 3.95 Å². The molecule has 0 aliphatic heterocycles. The van der Waals surface area contributed by atoms with Crippen molar-refractivity contribution in [1.29, 1.82) is 0 Å². The largest absolute Gasteiger partial charge is 0.493 e. The lowest BCUT2D eigenvalue weighted by atomic mass is 10.3. The van der Waals surface area contributed by atoms with Crippen LogP contribution < -0.4 is 4.74 Å². The lowest BCUT2D eigenvalue weighted by Crippen LogP contribution is -2.00. The van der Waals surface area contributed by atoms with Gasteiger partial charge in [-0.1, -0.05) is 68.3 Å². The minimum absolute atomic E-state index is 0.477. The Labute approximate surface area is 177 Å². The van der Waals surface area contributed by atoms with Crippen LogP contribution in [0.2, 0.25) is 10.0 Å². The molecule has 25 heavy (non-hydrogen) atoms. The van der Waals surface area contributed by atoms with Crippen LogP contribution in [0.4, 0.5) is 0 Å². The highest BCUT2D eigenvalue weighted by Gasteiger charge is 2.08. The minimum Gasteiger partial charge on any atom is -0.493 e. The monoisotopic (exact) mass is 492 g/mol. The number of hydrogen-bond acceptors (Lipinski definition) is 5. The maximum absolute atomic E-state index is 6.07. The summed E-state index contributed by atoms with van der Waals surface area (Å²) in [7, 11) is 0. The summed E-state index contributed by atoms with van der Waals surface area (Å²) in [5.74, 6) is 1.61. The predicted octanol–water partition coefficient (Wildman–Crippen LogP) is 6.90. The first-order chi connectivity index (χ1) is 12.0.